The van der Waals surface area contributed by atoms with Gasteiger partial charge in [-0.2, -0.15) is 0 Å². The predicted octanol–water partition coefficient (Wildman–Crippen LogP) is 4.24. The van der Waals surface area contributed by atoms with Crippen LogP contribution in [0.3, 0.4) is 0 Å². The van der Waals surface area contributed by atoms with Crippen molar-refractivity contribution in [3.63, 3.8) is 0 Å². The van der Waals surface area contributed by atoms with Crippen LogP contribution in [0.4, 0.5) is 4.79 Å². The maximum Gasteiger partial charge on any atom is 0.410 e. The van der Waals surface area contributed by atoms with Crippen molar-refractivity contribution >= 4 is 17.7 Å². The topological polar surface area (TPSA) is 58.6 Å². The molecule has 1 aromatic carbocycles. The van der Waals surface area contributed by atoms with Gasteiger partial charge in [-0.25, -0.2) is 14.8 Å². The Labute approximate surface area is 171 Å². The van der Waals surface area contributed by atoms with Crippen LogP contribution in [-0.2, 0) is 11.3 Å². The van der Waals surface area contributed by atoms with Crippen LogP contribution in [0.2, 0.25) is 5.28 Å². The quantitative estimate of drug-likeness (QED) is 0.718. The van der Waals surface area contributed by atoms with Crippen LogP contribution >= 0.6 is 11.6 Å². The van der Waals surface area contributed by atoms with Gasteiger partial charge in [0.2, 0.25) is 5.28 Å². The van der Waals surface area contributed by atoms with Crippen LogP contribution in [0.25, 0.3) is 11.3 Å². The highest BCUT2D eigenvalue weighted by molar-refractivity contribution is 6.28. The number of carbonyl (C=O) groups is 1. The number of nitrogens with zero attached hydrogens (tertiary/aromatic N) is 4. The Hall–Kier alpha value is -2.18. The first-order valence-electron chi connectivity index (χ1n) is 9.58. The zero-order valence-electron chi connectivity index (χ0n) is 16.7. The van der Waals surface area contributed by atoms with Crippen LogP contribution in [0, 0.1) is 0 Å². The van der Waals surface area contributed by atoms with Crippen molar-refractivity contribution in [2.75, 3.05) is 26.2 Å². The highest BCUT2D eigenvalue weighted by Gasteiger charge is 2.24. The second kappa shape index (κ2) is 8.88. The smallest absolute Gasteiger partial charge is 0.410 e. The molecule has 1 aliphatic heterocycles. The lowest BCUT2D eigenvalue weighted by atomic mass is 10.1. The summed E-state index contributed by atoms with van der Waals surface area (Å²) < 4.78 is 5.51. The van der Waals surface area contributed by atoms with E-state index in [1.807, 2.05) is 43.9 Å². The highest BCUT2D eigenvalue weighted by Crippen LogP contribution is 2.20. The third-order valence-electron chi connectivity index (χ3n) is 4.50. The zero-order valence-corrected chi connectivity index (χ0v) is 17.4. The lowest BCUT2D eigenvalue weighted by molar-refractivity contribution is 0.0257. The SMILES string of the molecule is CC(C)(C)OC(=O)N1CCCN(Cc2cccc(-c3ccnc(Cl)n3)c2)CC1. The molecule has 28 heavy (non-hydrogen) atoms. The van der Waals surface area contributed by atoms with Gasteiger partial charge in [-0.05, 0) is 56.5 Å². The minimum Gasteiger partial charge on any atom is -0.444 e. The van der Waals surface area contributed by atoms with Crippen molar-refractivity contribution in [1.29, 1.82) is 0 Å². The maximum atomic E-state index is 12.3. The van der Waals surface area contributed by atoms with Crippen molar-refractivity contribution in [1.82, 2.24) is 19.8 Å². The van der Waals surface area contributed by atoms with Crippen molar-refractivity contribution in [2.24, 2.45) is 0 Å². The summed E-state index contributed by atoms with van der Waals surface area (Å²) in [5, 5.41) is 0.248. The molecule has 1 fully saturated rings. The largest absolute Gasteiger partial charge is 0.444 e. The molecule has 1 aromatic heterocycles. The van der Waals surface area contributed by atoms with Crippen LogP contribution in [0.15, 0.2) is 36.5 Å². The average Bonchev–Trinajstić information content (AvgIpc) is 2.86. The van der Waals surface area contributed by atoms with E-state index in [0.717, 1.165) is 43.9 Å². The van der Waals surface area contributed by atoms with Crippen molar-refractivity contribution in [3.05, 3.63) is 47.4 Å². The van der Waals surface area contributed by atoms with Crippen molar-refractivity contribution in [3.8, 4) is 11.3 Å². The average molecular weight is 403 g/mol. The molecule has 1 aliphatic rings. The summed E-state index contributed by atoms with van der Waals surface area (Å²) >= 11 is 5.91. The number of amides is 1. The van der Waals surface area contributed by atoms with E-state index in [2.05, 4.69) is 27.0 Å². The van der Waals surface area contributed by atoms with Crippen LogP contribution < -0.4 is 0 Å². The molecule has 6 nitrogen and oxygen atoms in total. The molecular formula is C21H27ClN4O2. The molecule has 0 unspecified atom stereocenters. The fourth-order valence-electron chi connectivity index (χ4n) is 3.22. The first kappa shape index (κ1) is 20.6. The number of hydrogen-bond donors (Lipinski definition) is 0. The monoisotopic (exact) mass is 402 g/mol. The van der Waals surface area contributed by atoms with Crippen molar-refractivity contribution in [2.45, 2.75) is 39.3 Å². The third kappa shape index (κ3) is 5.91. The number of rotatable bonds is 3. The van der Waals surface area contributed by atoms with Gasteiger partial charge in [0, 0.05) is 44.5 Å². The Morgan fingerprint density at radius 2 is 2.00 bits per heavy atom. The summed E-state index contributed by atoms with van der Waals surface area (Å²) in [6, 6.07) is 10.2. The van der Waals surface area contributed by atoms with Gasteiger partial charge in [0.1, 0.15) is 5.60 Å². The van der Waals surface area contributed by atoms with Gasteiger partial charge in [0.15, 0.2) is 0 Å². The van der Waals surface area contributed by atoms with Crippen molar-refractivity contribution < 1.29 is 9.53 Å². The summed E-state index contributed by atoms with van der Waals surface area (Å²) in [5.41, 5.74) is 2.58. The Bertz CT molecular complexity index is 822. The third-order valence-corrected chi connectivity index (χ3v) is 4.68. The summed E-state index contributed by atoms with van der Waals surface area (Å²) in [7, 11) is 0. The number of aromatic nitrogens is 2. The number of ether oxygens (including phenoxy) is 1. The molecule has 2 aromatic rings. The Kier molecular flexibility index (Phi) is 6.52. The van der Waals surface area contributed by atoms with E-state index >= 15 is 0 Å². The minimum atomic E-state index is -0.465. The van der Waals surface area contributed by atoms with Crippen LogP contribution in [-0.4, -0.2) is 57.6 Å². The molecule has 0 atom stereocenters. The van der Waals surface area contributed by atoms with Gasteiger partial charge >= 0.3 is 6.09 Å². The molecule has 0 spiro atoms. The van der Waals surface area contributed by atoms with E-state index in [1.165, 1.54) is 5.56 Å². The van der Waals surface area contributed by atoms with Crippen LogP contribution in [0.1, 0.15) is 32.8 Å². The molecule has 1 saturated heterocycles. The molecule has 3 rings (SSSR count). The predicted molar refractivity (Wildman–Crippen MR) is 110 cm³/mol. The highest BCUT2D eigenvalue weighted by atomic mass is 35.5. The first-order chi connectivity index (χ1) is 13.3. The number of benzene rings is 1. The van der Waals surface area contributed by atoms with Gasteiger partial charge in [-0.1, -0.05) is 18.2 Å². The molecule has 0 saturated carbocycles. The summed E-state index contributed by atoms with van der Waals surface area (Å²) in [4.78, 5) is 24.7. The molecule has 0 aliphatic carbocycles. The normalized spacial score (nSPS) is 15.9. The van der Waals surface area contributed by atoms with E-state index < -0.39 is 5.60 Å². The lowest BCUT2D eigenvalue weighted by Gasteiger charge is -2.26. The van der Waals surface area contributed by atoms with E-state index in [9.17, 15) is 4.79 Å². The Morgan fingerprint density at radius 1 is 1.18 bits per heavy atom. The fraction of sp³-hybridized carbons (Fsp3) is 0.476. The number of carbonyl (C=O) groups excluding carboxylic acids is 1. The van der Waals surface area contributed by atoms with E-state index in [1.54, 1.807) is 6.20 Å². The standard InChI is InChI=1S/C21H27ClN4O2/c1-21(2,3)28-20(27)26-11-5-10-25(12-13-26)15-16-6-4-7-17(14-16)18-8-9-23-19(22)24-18/h4,6-9,14H,5,10-13,15H2,1-3H3. The summed E-state index contributed by atoms with van der Waals surface area (Å²) in [6.07, 6.45) is 2.37. The Morgan fingerprint density at radius 3 is 2.75 bits per heavy atom. The molecule has 0 bridgehead atoms. The fourth-order valence-corrected chi connectivity index (χ4v) is 3.37. The molecule has 0 radical (unpaired) electrons. The number of hydrogen-bond acceptors (Lipinski definition) is 5. The minimum absolute atomic E-state index is 0.225. The second-order valence-corrected chi connectivity index (χ2v) is 8.35. The molecule has 150 valence electrons. The number of halogens is 1. The first-order valence-corrected chi connectivity index (χ1v) is 9.96. The summed E-state index contributed by atoms with van der Waals surface area (Å²) in [5.74, 6) is 0. The lowest BCUT2D eigenvalue weighted by Crippen LogP contribution is -2.39. The molecule has 2 heterocycles. The molecule has 1 amide bonds. The van der Waals surface area contributed by atoms with Gasteiger partial charge in [0.05, 0.1) is 5.69 Å². The molecular weight excluding hydrogens is 376 g/mol. The van der Waals surface area contributed by atoms with Crippen LogP contribution in [0.5, 0.6) is 0 Å². The van der Waals surface area contributed by atoms with E-state index in [-0.39, 0.29) is 11.4 Å². The van der Waals surface area contributed by atoms with E-state index in [4.69, 9.17) is 16.3 Å². The van der Waals surface area contributed by atoms with Gasteiger partial charge in [-0.15, -0.1) is 0 Å². The second-order valence-electron chi connectivity index (χ2n) is 8.01. The van der Waals surface area contributed by atoms with Gasteiger partial charge in [-0.3, -0.25) is 4.90 Å². The molecule has 7 heteroatoms. The van der Waals surface area contributed by atoms with E-state index in [0.29, 0.717) is 6.54 Å². The zero-order chi connectivity index (χ0) is 20.1. The van der Waals surface area contributed by atoms with Gasteiger partial charge < -0.3 is 9.64 Å². The maximum absolute atomic E-state index is 12.3. The Balaban J connectivity index is 1.62. The summed E-state index contributed by atoms with van der Waals surface area (Å²) in [6.45, 7) is 9.69. The molecule has 0 N–H and O–H groups in total. The van der Waals surface area contributed by atoms with Gasteiger partial charge in [0.25, 0.3) is 0 Å².